The van der Waals surface area contributed by atoms with Crippen LogP contribution in [0, 0.1) is 13.8 Å². The van der Waals surface area contributed by atoms with E-state index in [9.17, 15) is 0 Å². The Balaban J connectivity index is 0.000000980. The number of hydrogen-bond acceptors (Lipinski definition) is 2. The molecule has 78 valence electrons. The van der Waals surface area contributed by atoms with Crippen LogP contribution in [0.15, 0.2) is 18.2 Å². The highest BCUT2D eigenvalue weighted by Crippen LogP contribution is 2.30. The number of rotatable bonds is 2. The quantitative estimate of drug-likeness (QED) is 0.818. The lowest BCUT2D eigenvalue weighted by atomic mass is 10.1. The molecular weight excluding hydrogens is 198 g/mol. The molecule has 2 atom stereocenters. The summed E-state index contributed by atoms with van der Waals surface area (Å²) in [6.07, 6.45) is 1.24. The van der Waals surface area contributed by atoms with E-state index in [-0.39, 0.29) is 24.6 Å². The van der Waals surface area contributed by atoms with E-state index in [1.54, 1.807) is 0 Å². The highest BCUT2D eigenvalue weighted by atomic mass is 35.5. The molecule has 3 heteroatoms. The highest BCUT2D eigenvalue weighted by Gasteiger charge is 2.36. The number of aryl methyl sites for hydroxylation is 2. The van der Waals surface area contributed by atoms with E-state index in [0.717, 1.165) is 12.2 Å². The van der Waals surface area contributed by atoms with Crippen LogP contribution in [0.2, 0.25) is 0 Å². The Morgan fingerprint density at radius 3 is 2.21 bits per heavy atom. The molecule has 2 N–H and O–H groups in total. The minimum Gasteiger partial charge on any atom is -0.488 e. The topological polar surface area (TPSA) is 35.2 Å². The zero-order valence-electron chi connectivity index (χ0n) is 8.49. The van der Waals surface area contributed by atoms with E-state index >= 15 is 0 Å². The summed E-state index contributed by atoms with van der Waals surface area (Å²) in [6.45, 7) is 4.13. The maximum absolute atomic E-state index is 5.77. The van der Waals surface area contributed by atoms with Crippen molar-refractivity contribution in [2.75, 3.05) is 0 Å². The lowest BCUT2D eigenvalue weighted by molar-refractivity contribution is 0.292. The smallest absolute Gasteiger partial charge is 0.125 e. The summed E-state index contributed by atoms with van der Waals surface area (Å²) in [5, 5.41) is 0. The van der Waals surface area contributed by atoms with Gasteiger partial charge in [0.25, 0.3) is 0 Å². The Morgan fingerprint density at radius 1 is 1.29 bits per heavy atom. The Morgan fingerprint density at radius 2 is 1.79 bits per heavy atom. The van der Waals surface area contributed by atoms with Crippen LogP contribution >= 0.6 is 12.4 Å². The highest BCUT2D eigenvalue weighted by molar-refractivity contribution is 5.85. The molecule has 1 aromatic rings. The zero-order valence-corrected chi connectivity index (χ0v) is 9.30. The van der Waals surface area contributed by atoms with Crippen LogP contribution in [0.4, 0.5) is 0 Å². The summed E-state index contributed by atoms with van der Waals surface area (Å²) in [6, 6.07) is 6.43. The van der Waals surface area contributed by atoms with Gasteiger partial charge in [0, 0.05) is 12.5 Å². The van der Waals surface area contributed by atoms with Crippen molar-refractivity contribution >= 4 is 12.4 Å². The predicted molar refractivity (Wildman–Crippen MR) is 60.2 cm³/mol. The van der Waals surface area contributed by atoms with Crippen LogP contribution in [-0.4, -0.2) is 12.1 Å². The van der Waals surface area contributed by atoms with E-state index in [1.807, 2.05) is 6.07 Å². The number of nitrogens with two attached hydrogens (primary N) is 1. The molecule has 2 nitrogen and oxygen atoms in total. The van der Waals surface area contributed by atoms with Gasteiger partial charge in [0.15, 0.2) is 0 Å². The minimum absolute atomic E-state index is 0. The number of ether oxygens (including phenoxy) is 1. The van der Waals surface area contributed by atoms with E-state index < -0.39 is 0 Å². The molecule has 1 aliphatic carbocycles. The molecule has 1 aromatic carbocycles. The summed E-state index contributed by atoms with van der Waals surface area (Å²) >= 11 is 0. The van der Waals surface area contributed by atoms with Crippen molar-refractivity contribution in [2.24, 2.45) is 5.73 Å². The summed E-state index contributed by atoms with van der Waals surface area (Å²) in [4.78, 5) is 0. The first-order chi connectivity index (χ1) is 6.18. The molecule has 1 saturated carbocycles. The second kappa shape index (κ2) is 4.20. The van der Waals surface area contributed by atoms with Gasteiger partial charge in [-0.1, -0.05) is 18.2 Å². The molecule has 2 unspecified atom stereocenters. The second-order valence-electron chi connectivity index (χ2n) is 3.78. The lowest BCUT2D eigenvalue weighted by Gasteiger charge is -2.10. The maximum atomic E-state index is 5.77. The van der Waals surface area contributed by atoms with Crippen molar-refractivity contribution in [1.82, 2.24) is 0 Å². The largest absolute Gasteiger partial charge is 0.488 e. The van der Waals surface area contributed by atoms with Crippen LogP contribution in [0.3, 0.4) is 0 Å². The van der Waals surface area contributed by atoms with Crippen molar-refractivity contribution < 1.29 is 4.74 Å². The van der Waals surface area contributed by atoms with Crippen molar-refractivity contribution in [3.05, 3.63) is 29.3 Å². The Hall–Kier alpha value is -0.730. The fourth-order valence-corrected chi connectivity index (χ4v) is 1.46. The Labute approximate surface area is 90.9 Å². The Bertz CT molecular complexity index is 307. The van der Waals surface area contributed by atoms with Crippen molar-refractivity contribution in [2.45, 2.75) is 32.4 Å². The number of hydrogen-bond donors (Lipinski definition) is 1. The van der Waals surface area contributed by atoms with Gasteiger partial charge < -0.3 is 10.5 Å². The summed E-state index contributed by atoms with van der Waals surface area (Å²) in [5.41, 5.74) is 8.08. The first-order valence-corrected chi connectivity index (χ1v) is 4.67. The standard InChI is InChI=1S/C11H15NO.ClH/c1-7-4-3-5-8(2)11(7)13-10-6-9(10)12;/h3-5,9-10H,6,12H2,1-2H3;1H. The Kier molecular flexibility index (Phi) is 3.40. The third-order valence-corrected chi connectivity index (χ3v) is 2.46. The van der Waals surface area contributed by atoms with E-state index in [1.165, 1.54) is 11.1 Å². The van der Waals surface area contributed by atoms with Gasteiger partial charge in [-0.3, -0.25) is 0 Å². The number of benzene rings is 1. The molecule has 0 heterocycles. The molecular formula is C11H16ClNO. The lowest BCUT2D eigenvalue weighted by Crippen LogP contribution is -2.11. The normalized spacial score (nSPS) is 23.9. The monoisotopic (exact) mass is 213 g/mol. The average Bonchev–Trinajstić information content (AvgIpc) is 2.75. The summed E-state index contributed by atoms with van der Waals surface area (Å²) < 4.78 is 5.77. The van der Waals surface area contributed by atoms with Gasteiger partial charge in [-0.25, -0.2) is 0 Å². The zero-order chi connectivity index (χ0) is 9.42. The molecule has 0 saturated heterocycles. The van der Waals surface area contributed by atoms with Gasteiger partial charge in [-0.15, -0.1) is 12.4 Å². The molecule has 0 aromatic heterocycles. The van der Waals surface area contributed by atoms with Crippen molar-refractivity contribution in [3.8, 4) is 5.75 Å². The first-order valence-electron chi connectivity index (χ1n) is 4.67. The van der Waals surface area contributed by atoms with Gasteiger partial charge in [-0.2, -0.15) is 0 Å². The molecule has 0 radical (unpaired) electrons. The van der Waals surface area contributed by atoms with E-state index in [2.05, 4.69) is 26.0 Å². The van der Waals surface area contributed by atoms with Crippen molar-refractivity contribution in [3.63, 3.8) is 0 Å². The summed E-state index contributed by atoms with van der Waals surface area (Å²) in [5.74, 6) is 1.01. The van der Waals surface area contributed by atoms with Gasteiger partial charge in [0.05, 0.1) is 0 Å². The number of halogens is 1. The fourth-order valence-electron chi connectivity index (χ4n) is 1.46. The third-order valence-electron chi connectivity index (χ3n) is 2.46. The third kappa shape index (κ3) is 2.20. The molecule has 1 fully saturated rings. The molecule has 0 amide bonds. The van der Waals surface area contributed by atoms with Crippen LogP contribution < -0.4 is 10.5 Å². The first kappa shape index (κ1) is 11.3. The predicted octanol–water partition coefficient (Wildman–Crippen LogP) is 2.20. The van der Waals surface area contributed by atoms with Crippen LogP contribution in [-0.2, 0) is 0 Å². The van der Waals surface area contributed by atoms with E-state index in [0.29, 0.717) is 0 Å². The van der Waals surface area contributed by atoms with Crippen LogP contribution in [0.25, 0.3) is 0 Å². The fraction of sp³-hybridized carbons (Fsp3) is 0.455. The molecule has 2 rings (SSSR count). The van der Waals surface area contributed by atoms with E-state index in [4.69, 9.17) is 10.5 Å². The SMILES string of the molecule is Cc1cccc(C)c1OC1CC1N.Cl. The molecule has 0 spiro atoms. The average molecular weight is 214 g/mol. The number of para-hydroxylation sites is 1. The maximum Gasteiger partial charge on any atom is 0.125 e. The van der Waals surface area contributed by atoms with Crippen molar-refractivity contribution in [1.29, 1.82) is 0 Å². The molecule has 0 aliphatic heterocycles. The molecule has 14 heavy (non-hydrogen) atoms. The van der Waals surface area contributed by atoms with Gasteiger partial charge >= 0.3 is 0 Å². The molecule has 0 bridgehead atoms. The summed E-state index contributed by atoms with van der Waals surface area (Å²) in [7, 11) is 0. The van der Waals surface area contributed by atoms with Gasteiger partial charge in [0.1, 0.15) is 11.9 Å². The van der Waals surface area contributed by atoms with Gasteiger partial charge in [-0.05, 0) is 25.0 Å². The molecule has 1 aliphatic rings. The second-order valence-corrected chi connectivity index (χ2v) is 3.78. The van der Waals surface area contributed by atoms with Crippen LogP contribution in [0.5, 0.6) is 5.75 Å². The van der Waals surface area contributed by atoms with Crippen LogP contribution in [0.1, 0.15) is 17.5 Å². The van der Waals surface area contributed by atoms with Gasteiger partial charge in [0.2, 0.25) is 0 Å². The minimum atomic E-state index is 0.